The molecule has 9 heteroatoms. The maximum absolute atomic E-state index is 14.6. The number of nitrogens with two attached hydrogens (primary N) is 1. The number of hydrogen-bond acceptors (Lipinski definition) is 7. The molecule has 1 atom stereocenters. The van der Waals surface area contributed by atoms with Crippen molar-refractivity contribution >= 4 is 17.6 Å². The van der Waals surface area contributed by atoms with Crippen LogP contribution in [0.15, 0.2) is 35.6 Å². The number of benzene rings is 1. The number of carbonyl (C=O) groups excluding carboxylic acids is 2. The second-order valence-corrected chi connectivity index (χ2v) is 7.24. The number of aromatic nitrogens is 2. The van der Waals surface area contributed by atoms with Gasteiger partial charge in [-0.2, -0.15) is 0 Å². The van der Waals surface area contributed by atoms with Gasteiger partial charge in [-0.3, -0.25) is 14.5 Å². The molecule has 1 aliphatic heterocycles. The first-order chi connectivity index (χ1) is 14.7. The van der Waals surface area contributed by atoms with Crippen LogP contribution in [0, 0.1) is 17.7 Å². The lowest BCUT2D eigenvalue weighted by Gasteiger charge is -2.34. The zero-order chi connectivity index (χ0) is 22.6. The van der Waals surface area contributed by atoms with Crippen molar-refractivity contribution in [3.05, 3.63) is 53.2 Å². The number of guanidine groups is 1. The van der Waals surface area contributed by atoms with Gasteiger partial charge in [0.05, 0.1) is 24.4 Å². The Bertz CT molecular complexity index is 1100. The van der Waals surface area contributed by atoms with Crippen LogP contribution in [0.3, 0.4) is 0 Å². The molecule has 0 bridgehead atoms. The van der Waals surface area contributed by atoms with Crippen LogP contribution in [0.4, 0.5) is 4.39 Å². The number of carbonyl (C=O) groups is 2. The summed E-state index contributed by atoms with van der Waals surface area (Å²) in [6.07, 6.45) is 2.62. The molecule has 2 N–H and O–H groups in total. The molecule has 1 amide bonds. The summed E-state index contributed by atoms with van der Waals surface area (Å²) in [4.78, 5) is 38.5. The van der Waals surface area contributed by atoms with Crippen LogP contribution in [0.1, 0.15) is 41.9 Å². The Morgan fingerprint density at radius 2 is 2.13 bits per heavy atom. The smallest absolute Gasteiger partial charge is 0.233 e. The predicted molar refractivity (Wildman–Crippen MR) is 112 cm³/mol. The van der Waals surface area contributed by atoms with E-state index in [4.69, 9.17) is 10.5 Å². The normalized spacial score (nSPS) is 18.1. The predicted octanol–water partition coefficient (Wildman–Crippen LogP) is 1.84. The molecule has 0 fully saturated rings. The third-order valence-corrected chi connectivity index (χ3v) is 4.93. The maximum Gasteiger partial charge on any atom is 0.233 e. The molecule has 0 radical (unpaired) electrons. The first kappa shape index (κ1) is 21.9. The van der Waals surface area contributed by atoms with Gasteiger partial charge in [0.2, 0.25) is 11.8 Å². The van der Waals surface area contributed by atoms with Gasteiger partial charge in [0.1, 0.15) is 11.5 Å². The summed E-state index contributed by atoms with van der Waals surface area (Å²) in [5.74, 6) is 4.63. The van der Waals surface area contributed by atoms with E-state index in [0.717, 1.165) is 0 Å². The fourth-order valence-corrected chi connectivity index (χ4v) is 3.15. The summed E-state index contributed by atoms with van der Waals surface area (Å²) in [6.45, 7) is 3.52. The molecule has 160 valence electrons. The van der Waals surface area contributed by atoms with Gasteiger partial charge in [0.25, 0.3) is 0 Å². The molecule has 1 aromatic heterocycles. The lowest BCUT2D eigenvalue weighted by Crippen LogP contribution is -2.47. The number of halogens is 1. The van der Waals surface area contributed by atoms with Crippen molar-refractivity contribution in [2.45, 2.75) is 32.2 Å². The second-order valence-electron chi connectivity index (χ2n) is 7.24. The molecule has 0 spiro atoms. The lowest BCUT2D eigenvalue weighted by molar-refractivity contribution is -0.128. The third kappa shape index (κ3) is 4.86. The number of aliphatic imine (C=N–C) groups is 1. The molecule has 0 saturated carbocycles. The Labute approximate surface area is 179 Å². The molecule has 0 aliphatic carbocycles. The Hall–Kier alpha value is -3.80. The monoisotopic (exact) mass is 423 g/mol. The number of amides is 1. The minimum absolute atomic E-state index is 0.0159. The highest BCUT2D eigenvalue weighted by atomic mass is 19.1. The van der Waals surface area contributed by atoms with E-state index in [2.05, 4.69) is 26.8 Å². The second kappa shape index (κ2) is 8.92. The number of ketones is 1. The lowest BCUT2D eigenvalue weighted by atomic mass is 9.85. The van der Waals surface area contributed by atoms with Gasteiger partial charge in [-0.25, -0.2) is 19.4 Å². The van der Waals surface area contributed by atoms with E-state index in [-0.39, 0.29) is 54.2 Å². The van der Waals surface area contributed by atoms with Crippen LogP contribution in [-0.4, -0.2) is 46.2 Å². The van der Waals surface area contributed by atoms with Gasteiger partial charge < -0.3 is 10.5 Å². The number of rotatable bonds is 6. The zero-order valence-electron chi connectivity index (χ0n) is 17.5. The van der Waals surface area contributed by atoms with E-state index < -0.39 is 11.4 Å². The zero-order valence-corrected chi connectivity index (χ0v) is 17.5. The average Bonchev–Trinajstić information content (AvgIpc) is 2.74. The molecule has 31 heavy (non-hydrogen) atoms. The topological polar surface area (TPSA) is 111 Å². The first-order valence-corrected chi connectivity index (χ1v) is 9.52. The van der Waals surface area contributed by atoms with Gasteiger partial charge >= 0.3 is 0 Å². The first-order valence-electron chi connectivity index (χ1n) is 9.52. The Balaban J connectivity index is 1.80. The highest BCUT2D eigenvalue weighted by Gasteiger charge is 2.38. The standard InChI is InChI=1S/C22H22FN5O3/c1-4-5-8-31-19-13-25-17(12-26-19)18(29)10-14-6-7-16(23)15(9-14)22(2)11-20(30)28(3)21(24)27-22/h6-7,9,12-13H,8,10-11H2,1-3H3,(H2,24,27). The Morgan fingerprint density at radius 3 is 2.77 bits per heavy atom. The number of ether oxygens (including phenoxy) is 1. The highest BCUT2D eigenvalue weighted by molar-refractivity contribution is 5.99. The molecule has 0 saturated heterocycles. The van der Waals surface area contributed by atoms with Crippen molar-refractivity contribution in [3.8, 4) is 17.7 Å². The van der Waals surface area contributed by atoms with Gasteiger partial charge in [-0.1, -0.05) is 12.0 Å². The molecule has 1 aliphatic rings. The van der Waals surface area contributed by atoms with Gasteiger partial charge in [-0.15, -0.1) is 5.92 Å². The molecule has 1 unspecified atom stereocenters. The molecule has 2 aromatic rings. The Kier molecular flexibility index (Phi) is 6.30. The van der Waals surface area contributed by atoms with Gasteiger partial charge in [0, 0.05) is 19.0 Å². The number of nitrogens with zero attached hydrogens (tertiary/aromatic N) is 4. The highest BCUT2D eigenvalue weighted by Crippen LogP contribution is 2.35. The molecule has 1 aromatic carbocycles. The van der Waals surface area contributed by atoms with E-state index in [0.29, 0.717) is 5.56 Å². The fraction of sp³-hybridized carbons (Fsp3) is 0.318. The van der Waals surface area contributed by atoms with Crippen molar-refractivity contribution in [2.75, 3.05) is 13.7 Å². The quantitative estimate of drug-likeness (QED) is 0.561. The van der Waals surface area contributed by atoms with E-state index in [1.165, 1.54) is 42.5 Å². The van der Waals surface area contributed by atoms with Crippen LogP contribution in [-0.2, 0) is 16.8 Å². The van der Waals surface area contributed by atoms with Crippen LogP contribution in [0.2, 0.25) is 0 Å². The fourth-order valence-electron chi connectivity index (χ4n) is 3.15. The van der Waals surface area contributed by atoms with Crippen molar-refractivity contribution in [1.29, 1.82) is 0 Å². The Morgan fingerprint density at radius 1 is 1.35 bits per heavy atom. The van der Waals surface area contributed by atoms with Crippen molar-refractivity contribution < 1.29 is 18.7 Å². The number of hydrogen-bond donors (Lipinski definition) is 1. The third-order valence-electron chi connectivity index (χ3n) is 4.93. The van der Waals surface area contributed by atoms with Crippen LogP contribution >= 0.6 is 0 Å². The number of Topliss-reactive ketones (excluding diaryl/α,β-unsaturated/α-hetero) is 1. The molecule has 2 heterocycles. The summed E-state index contributed by atoms with van der Waals surface area (Å²) in [5, 5.41) is 0. The summed E-state index contributed by atoms with van der Waals surface area (Å²) >= 11 is 0. The van der Waals surface area contributed by atoms with Crippen LogP contribution in [0.5, 0.6) is 5.88 Å². The molecule has 8 nitrogen and oxygen atoms in total. The van der Waals surface area contributed by atoms with E-state index in [1.807, 2.05) is 0 Å². The van der Waals surface area contributed by atoms with E-state index in [1.54, 1.807) is 13.8 Å². The van der Waals surface area contributed by atoms with Gasteiger partial charge in [-0.05, 0) is 31.5 Å². The van der Waals surface area contributed by atoms with Crippen LogP contribution in [0.25, 0.3) is 0 Å². The van der Waals surface area contributed by atoms with Gasteiger partial charge in [0.15, 0.2) is 18.3 Å². The summed E-state index contributed by atoms with van der Waals surface area (Å²) in [7, 11) is 1.51. The summed E-state index contributed by atoms with van der Waals surface area (Å²) in [6, 6.07) is 4.31. The maximum atomic E-state index is 14.6. The largest absolute Gasteiger partial charge is 0.463 e. The SMILES string of the molecule is CC#CCOc1cnc(C(=O)Cc2ccc(F)c(C3(C)CC(=O)N(C)C(N)=N3)c2)cn1. The summed E-state index contributed by atoms with van der Waals surface area (Å²) < 4.78 is 19.9. The van der Waals surface area contributed by atoms with Crippen LogP contribution < -0.4 is 10.5 Å². The van der Waals surface area contributed by atoms with E-state index >= 15 is 0 Å². The van der Waals surface area contributed by atoms with E-state index in [9.17, 15) is 14.0 Å². The minimum atomic E-state index is -1.16. The van der Waals surface area contributed by atoms with Crippen molar-refractivity contribution in [1.82, 2.24) is 14.9 Å². The van der Waals surface area contributed by atoms with Crippen molar-refractivity contribution in [2.24, 2.45) is 10.7 Å². The summed E-state index contributed by atoms with van der Waals surface area (Å²) in [5.41, 5.74) is 5.58. The van der Waals surface area contributed by atoms with Crippen molar-refractivity contribution in [3.63, 3.8) is 0 Å². The molecular formula is C22H22FN5O3. The minimum Gasteiger partial charge on any atom is -0.463 e. The average molecular weight is 423 g/mol. The molecular weight excluding hydrogens is 401 g/mol. The molecule has 3 rings (SSSR count).